The molecule has 2 nitrogen and oxygen atoms in total. The zero-order chi connectivity index (χ0) is 14.2. The summed E-state index contributed by atoms with van der Waals surface area (Å²) >= 11 is 3.40. The molecule has 19 heavy (non-hydrogen) atoms. The summed E-state index contributed by atoms with van der Waals surface area (Å²) in [7, 11) is -1.09. The largest absolute Gasteiger partial charge is 0.242 e. The lowest BCUT2D eigenvalue weighted by Gasteiger charge is -2.40. The number of rotatable bonds is 3. The Bertz CT molecular complexity index is 441. The third kappa shape index (κ3) is 3.56. The first-order chi connectivity index (χ1) is 8.79. The Kier molecular flexibility index (Phi) is 4.68. The Morgan fingerprint density at radius 3 is 2.58 bits per heavy atom. The van der Waals surface area contributed by atoms with Crippen LogP contribution in [0.1, 0.15) is 40.0 Å². The molecular weight excluding hydrogens is 329 g/mol. The lowest BCUT2D eigenvalue weighted by molar-refractivity contribution is 0.277. The maximum atomic E-state index is 14.0. The molecule has 0 radical (unpaired) electrons. The van der Waals surface area contributed by atoms with E-state index in [1.807, 2.05) is 32.9 Å². The van der Waals surface area contributed by atoms with Crippen LogP contribution in [-0.2, 0) is 11.0 Å². The summed E-state index contributed by atoms with van der Waals surface area (Å²) in [5.41, 5.74) is 0.797. The van der Waals surface area contributed by atoms with Crippen LogP contribution in [0.4, 0.5) is 4.39 Å². The van der Waals surface area contributed by atoms with Crippen LogP contribution in [0.15, 0.2) is 23.6 Å². The fourth-order valence-electron chi connectivity index (χ4n) is 2.31. The van der Waals surface area contributed by atoms with Gasteiger partial charge in [-0.25, -0.2) is 13.3 Å². The smallest absolute Gasteiger partial charge is 0.105 e. The highest BCUT2D eigenvalue weighted by Gasteiger charge is 2.37. The van der Waals surface area contributed by atoms with Crippen LogP contribution in [0, 0.1) is 5.92 Å². The second-order valence-corrected chi connectivity index (χ2v) is 9.40. The first kappa shape index (κ1) is 15.4. The van der Waals surface area contributed by atoms with Gasteiger partial charge in [-0.1, -0.05) is 28.1 Å². The van der Waals surface area contributed by atoms with Gasteiger partial charge in [0.2, 0.25) is 0 Å². The van der Waals surface area contributed by atoms with Crippen molar-refractivity contribution in [2.24, 2.45) is 5.92 Å². The fraction of sp³-hybridized carbons (Fsp3) is 0.714. The lowest BCUT2D eigenvalue weighted by atomic mass is 9.74. The lowest BCUT2D eigenvalue weighted by Crippen LogP contribution is -2.49. The van der Waals surface area contributed by atoms with E-state index < -0.39 is 11.0 Å². The maximum absolute atomic E-state index is 14.0. The van der Waals surface area contributed by atoms with Crippen molar-refractivity contribution in [3.8, 4) is 0 Å². The van der Waals surface area contributed by atoms with Crippen molar-refractivity contribution in [2.45, 2.75) is 55.6 Å². The van der Waals surface area contributed by atoms with E-state index >= 15 is 0 Å². The Labute approximate surface area is 125 Å². The van der Waals surface area contributed by atoms with Gasteiger partial charge in [0.1, 0.15) is 5.83 Å². The van der Waals surface area contributed by atoms with E-state index in [-0.39, 0.29) is 27.4 Å². The van der Waals surface area contributed by atoms with Crippen LogP contribution in [-0.4, -0.2) is 19.8 Å². The van der Waals surface area contributed by atoms with Gasteiger partial charge in [0, 0.05) is 23.2 Å². The molecule has 1 fully saturated rings. The molecule has 1 saturated carbocycles. The number of nitrogens with one attached hydrogen (secondary N) is 1. The molecule has 0 aromatic carbocycles. The summed E-state index contributed by atoms with van der Waals surface area (Å²) < 4.78 is 29.0. The quantitative estimate of drug-likeness (QED) is 0.772. The fourth-order valence-corrected chi connectivity index (χ4v) is 3.66. The number of halogens is 2. The predicted octanol–water partition coefficient (Wildman–Crippen LogP) is 3.76. The molecule has 5 heteroatoms. The first-order valence-corrected chi connectivity index (χ1v) is 8.74. The molecule has 0 bridgehead atoms. The first-order valence-electron chi connectivity index (χ1n) is 6.68. The molecule has 0 aliphatic heterocycles. The molecule has 0 heterocycles. The van der Waals surface area contributed by atoms with E-state index in [4.69, 9.17) is 0 Å². The molecule has 0 amide bonds. The van der Waals surface area contributed by atoms with Gasteiger partial charge in [-0.15, -0.1) is 0 Å². The highest BCUT2D eigenvalue weighted by Crippen LogP contribution is 2.40. The SMILES string of the molecule is CC(C)(C)S(=O)NC1CCC1C1=C(F)CC(Br)C=C1. The van der Waals surface area contributed by atoms with Gasteiger partial charge < -0.3 is 0 Å². The second kappa shape index (κ2) is 5.78. The molecule has 2 aliphatic rings. The number of allylic oxidation sites excluding steroid dienone is 3. The van der Waals surface area contributed by atoms with Gasteiger partial charge in [0.05, 0.1) is 15.7 Å². The van der Waals surface area contributed by atoms with Crippen LogP contribution >= 0.6 is 15.9 Å². The Balaban J connectivity index is 2.02. The van der Waals surface area contributed by atoms with Crippen molar-refractivity contribution in [1.29, 1.82) is 0 Å². The minimum atomic E-state index is -1.09. The molecule has 2 aliphatic carbocycles. The third-order valence-electron chi connectivity index (χ3n) is 3.66. The van der Waals surface area contributed by atoms with Gasteiger partial charge in [0.25, 0.3) is 0 Å². The molecule has 0 spiro atoms. The summed E-state index contributed by atoms with van der Waals surface area (Å²) in [6.07, 6.45) is 6.25. The highest BCUT2D eigenvalue weighted by atomic mass is 79.9. The monoisotopic (exact) mass is 349 g/mol. The van der Waals surface area contributed by atoms with Crippen molar-refractivity contribution < 1.29 is 8.60 Å². The summed E-state index contributed by atoms with van der Waals surface area (Å²) in [6.45, 7) is 5.83. The molecule has 0 aromatic heterocycles. The normalized spacial score (nSPS) is 33.2. The van der Waals surface area contributed by atoms with Gasteiger partial charge in [-0.2, -0.15) is 0 Å². The number of alkyl halides is 1. The van der Waals surface area contributed by atoms with Crippen LogP contribution in [0.3, 0.4) is 0 Å². The molecule has 4 atom stereocenters. The highest BCUT2D eigenvalue weighted by molar-refractivity contribution is 9.09. The standard InChI is InChI=1S/C14H21BrFNOS/c1-14(2,3)19(18)17-13-7-6-11(13)10-5-4-9(15)8-12(10)16/h4-5,9,11,13,17H,6-8H2,1-3H3. The van der Waals surface area contributed by atoms with Gasteiger partial charge in [-0.3, -0.25) is 0 Å². The summed E-state index contributed by atoms with van der Waals surface area (Å²) in [5, 5.41) is 0. The van der Waals surface area contributed by atoms with Gasteiger partial charge >= 0.3 is 0 Å². The van der Waals surface area contributed by atoms with Crippen molar-refractivity contribution >= 4 is 26.9 Å². The minimum absolute atomic E-state index is 0.0255. The average molecular weight is 350 g/mol. The minimum Gasteiger partial charge on any atom is -0.242 e. The van der Waals surface area contributed by atoms with Crippen molar-refractivity contribution in [2.75, 3.05) is 0 Å². The van der Waals surface area contributed by atoms with E-state index in [1.54, 1.807) is 0 Å². The maximum Gasteiger partial charge on any atom is 0.105 e. The van der Waals surface area contributed by atoms with Crippen LogP contribution in [0.5, 0.6) is 0 Å². The molecular formula is C14H21BrFNOS. The van der Waals surface area contributed by atoms with E-state index in [0.29, 0.717) is 6.42 Å². The van der Waals surface area contributed by atoms with Crippen molar-refractivity contribution in [3.05, 3.63) is 23.6 Å². The van der Waals surface area contributed by atoms with Gasteiger partial charge in [0.15, 0.2) is 0 Å². The van der Waals surface area contributed by atoms with Crippen molar-refractivity contribution in [3.63, 3.8) is 0 Å². The zero-order valence-electron chi connectivity index (χ0n) is 11.6. The topological polar surface area (TPSA) is 29.1 Å². The van der Waals surface area contributed by atoms with E-state index in [9.17, 15) is 8.60 Å². The van der Waals surface area contributed by atoms with Crippen molar-refractivity contribution in [1.82, 2.24) is 4.72 Å². The average Bonchev–Trinajstić information content (AvgIpc) is 2.26. The van der Waals surface area contributed by atoms with E-state index in [2.05, 4.69) is 20.7 Å². The molecule has 108 valence electrons. The Morgan fingerprint density at radius 2 is 2.11 bits per heavy atom. The molecule has 2 rings (SSSR count). The number of hydrogen-bond acceptors (Lipinski definition) is 1. The predicted molar refractivity (Wildman–Crippen MR) is 82.1 cm³/mol. The zero-order valence-corrected chi connectivity index (χ0v) is 14.0. The Morgan fingerprint density at radius 1 is 1.42 bits per heavy atom. The van der Waals surface area contributed by atoms with Crippen LogP contribution in [0.2, 0.25) is 0 Å². The Hall–Kier alpha value is -0.000000000000000111. The van der Waals surface area contributed by atoms with Crippen LogP contribution < -0.4 is 4.72 Å². The second-order valence-electron chi connectivity index (χ2n) is 6.23. The number of hydrogen-bond donors (Lipinski definition) is 1. The van der Waals surface area contributed by atoms with Gasteiger partial charge in [-0.05, 0) is 39.2 Å². The molecule has 0 aromatic rings. The molecule has 4 unspecified atom stereocenters. The van der Waals surface area contributed by atoms with E-state index in [1.165, 1.54) is 0 Å². The van der Waals surface area contributed by atoms with Crippen LogP contribution in [0.25, 0.3) is 0 Å². The summed E-state index contributed by atoms with van der Waals surface area (Å²) in [5.74, 6) is 0.143. The van der Waals surface area contributed by atoms with E-state index in [0.717, 1.165) is 18.4 Å². The summed E-state index contributed by atoms with van der Waals surface area (Å²) in [6, 6.07) is 0.136. The molecule has 0 saturated heterocycles. The summed E-state index contributed by atoms with van der Waals surface area (Å²) in [4.78, 5) is 0.103. The third-order valence-corrected chi connectivity index (χ3v) is 5.92. The molecule has 1 N–H and O–H groups in total.